The Labute approximate surface area is 448 Å². The maximum atomic E-state index is 12.7. The molecule has 0 aliphatic carbocycles. The number of aliphatic carboxylic acids is 6. The van der Waals surface area contributed by atoms with E-state index in [9.17, 15) is 87.9 Å². The summed E-state index contributed by atoms with van der Waals surface area (Å²) in [5, 5.41) is 73.1. The average Bonchev–Trinajstić information content (AvgIpc) is 3.44. The SMILES string of the molecule is O=C(O)CCCCCCCCCCCCCCCCC(=O)N[C@@H](CCC(=O)N[C@@H](CCC(=O)N[C@H](CCC(=O)N[C@H](CCC(=O)NCC(=O)CN[C@H]1CSSC[C@@H](C(=O)O)NCC1=O)C(=O)O)C(=O)O)C(=O)O)C(=O)O. The van der Waals surface area contributed by atoms with Crippen LogP contribution in [0.2, 0.25) is 0 Å². The minimum Gasteiger partial charge on any atom is -0.481 e. The number of carboxylic acid groups (broad SMARTS) is 6. The Morgan fingerprint density at radius 1 is 0.447 bits per heavy atom. The third kappa shape index (κ3) is 33.9. The maximum Gasteiger partial charge on any atom is 0.326 e. The summed E-state index contributed by atoms with van der Waals surface area (Å²) in [6.45, 7) is -1.02. The van der Waals surface area contributed by atoms with Crippen LogP contribution in [0.1, 0.15) is 154 Å². The molecule has 76 heavy (non-hydrogen) atoms. The molecule has 1 saturated heterocycles. The lowest BCUT2D eigenvalue weighted by atomic mass is 10.0. The summed E-state index contributed by atoms with van der Waals surface area (Å²) in [6.07, 6.45) is 10.2. The molecule has 0 spiro atoms. The van der Waals surface area contributed by atoms with E-state index in [0.29, 0.717) is 6.42 Å². The molecular formula is C48H77N7O19S2. The zero-order valence-corrected chi connectivity index (χ0v) is 44.4. The summed E-state index contributed by atoms with van der Waals surface area (Å²) in [6, 6.07) is -8.08. The van der Waals surface area contributed by atoms with Crippen LogP contribution < -0.4 is 37.2 Å². The van der Waals surface area contributed by atoms with E-state index in [2.05, 4.69) is 37.2 Å². The zero-order valence-electron chi connectivity index (χ0n) is 42.8. The number of rotatable bonds is 43. The first-order chi connectivity index (χ1) is 36.1. The second-order valence-electron chi connectivity index (χ2n) is 18.4. The van der Waals surface area contributed by atoms with Crippen molar-refractivity contribution in [1.82, 2.24) is 37.2 Å². The molecule has 28 heteroatoms. The van der Waals surface area contributed by atoms with E-state index in [1.807, 2.05) is 0 Å². The number of hydrogen-bond acceptors (Lipinski definition) is 17. The van der Waals surface area contributed by atoms with Crippen LogP contribution >= 0.6 is 21.6 Å². The number of amides is 5. The number of unbranched alkanes of at least 4 members (excludes halogenated alkanes) is 13. The van der Waals surface area contributed by atoms with E-state index in [0.717, 1.165) is 83.5 Å². The molecule has 0 bridgehead atoms. The number of carboxylic acids is 6. The minimum absolute atomic E-state index is 0.0827. The van der Waals surface area contributed by atoms with E-state index in [1.54, 1.807) is 0 Å². The number of Topliss-reactive ketones (excluding diaryl/α,β-unsaturated/α-hetero) is 2. The number of ketones is 2. The van der Waals surface area contributed by atoms with Gasteiger partial charge in [-0.25, -0.2) is 19.2 Å². The van der Waals surface area contributed by atoms with Gasteiger partial charge >= 0.3 is 35.8 Å². The molecule has 0 aromatic carbocycles. The summed E-state index contributed by atoms with van der Waals surface area (Å²) in [5.41, 5.74) is 0. The molecular weight excluding hydrogens is 1040 g/mol. The van der Waals surface area contributed by atoms with Crippen molar-refractivity contribution in [3.8, 4) is 0 Å². The van der Waals surface area contributed by atoms with Crippen LogP contribution in [-0.4, -0.2) is 175 Å². The first-order valence-corrected chi connectivity index (χ1v) is 28.1. The van der Waals surface area contributed by atoms with Crippen molar-refractivity contribution < 1.29 is 93.0 Å². The van der Waals surface area contributed by atoms with Gasteiger partial charge < -0.3 is 57.2 Å². The summed E-state index contributed by atoms with van der Waals surface area (Å²) in [7, 11) is 2.51. The highest BCUT2D eigenvalue weighted by Crippen LogP contribution is 2.24. The van der Waals surface area contributed by atoms with Gasteiger partial charge in [0.1, 0.15) is 30.2 Å². The molecule has 1 heterocycles. The molecule has 1 aliphatic heterocycles. The molecule has 1 rings (SSSR count). The molecule has 6 atom stereocenters. The quantitative estimate of drug-likeness (QED) is 0.0303. The Hall–Kier alpha value is -5.87. The Kier molecular flexibility index (Phi) is 36.2. The van der Waals surface area contributed by atoms with E-state index >= 15 is 0 Å². The van der Waals surface area contributed by atoms with Crippen molar-refractivity contribution in [2.75, 3.05) is 31.1 Å². The lowest BCUT2D eigenvalue weighted by Gasteiger charge is -2.18. The van der Waals surface area contributed by atoms with Crippen molar-refractivity contribution >= 4 is 98.5 Å². The smallest absolute Gasteiger partial charge is 0.326 e. The monoisotopic (exact) mass is 1120 g/mol. The average molecular weight is 1120 g/mol. The first kappa shape index (κ1) is 68.1. The van der Waals surface area contributed by atoms with Crippen molar-refractivity contribution in [2.24, 2.45) is 0 Å². The van der Waals surface area contributed by atoms with Gasteiger partial charge in [0.25, 0.3) is 0 Å². The van der Waals surface area contributed by atoms with Gasteiger partial charge in [-0.2, -0.15) is 0 Å². The van der Waals surface area contributed by atoms with Gasteiger partial charge in [0.05, 0.1) is 25.7 Å². The van der Waals surface area contributed by atoms with Gasteiger partial charge in [0.2, 0.25) is 29.5 Å². The number of hydrogen-bond donors (Lipinski definition) is 13. The van der Waals surface area contributed by atoms with Crippen molar-refractivity contribution in [1.29, 1.82) is 0 Å². The fraction of sp³-hybridized carbons (Fsp3) is 0.729. The highest BCUT2D eigenvalue weighted by molar-refractivity contribution is 8.76. The molecule has 13 N–H and O–H groups in total. The molecule has 1 aliphatic rings. The van der Waals surface area contributed by atoms with Crippen LogP contribution in [-0.2, 0) is 62.3 Å². The first-order valence-electron chi connectivity index (χ1n) is 25.6. The Balaban J connectivity index is 2.41. The lowest BCUT2D eigenvalue weighted by molar-refractivity contribution is -0.144. The van der Waals surface area contributed by atoms with Crippen LogP contribution in [0, 0.1) is 0 Å². The second-order valence-corrected chi connectivity index (χ2v) is 20.9. The molecule has 1 fully saturated rings. The summed E-state index contributed by atoms with van der Waals surface area (Å²) < 4.78 is 0. The van der Waals surface area contributed by atoms with Gasteiger partial charge in [-0.05, 0) is 38.5 Å². The molecule has 0 saturated carbocycles. The summed E-state index contributed by atoms with van der Waals surface area (Å²) >= 11 is 0. The van der Waals surface area contributed by atoms with Crippen molar-refractivity contribution in [2.45, 2.75) is 190 Å². The van der Waals surface area contributed by atoms with E-state index in [-0.39, 0.29) is 49.6 Å². The van der Waals surface area contributed by atoms with Crippen molar-refractivity contribution in [3.63, 3.8) is 0 Å². The molecule has 0 aromatic rings. The van der Waals surface area contributed by atoms with Crippen LogP contribution in [0.15, 0.2) is 0 Å². The number of carbonyl (C=O) groups excluding carboxylic acids is 7. The fourth-order valence-electron chi connectivity index (χ4n) is 7.53. The minimum atomic E-state index is -1.69. The highest BCUT2D eigenvalue weighted by atomic mass is 33.1. The van der Waals surface area contributed by atoms with Crippen LogP contribution in [0.25, 0.3) is 0 Å². The van der Waals surface area contributed by atoms with Gasteiger partial charge in [-0.15, -0.1) is 0 Å². The lowest BCUT2D eigenvalue weighted by Crippen LogP contribution is -2.48. The predicted octanol–water partition coefficient (Wildman–Crippen LogP) is 1.36. The normalized spacial score (nSPS) is 16.2. The molecule has 26 nitrogen and oxygen atoms in total. The van der Waals surface area contributed by atoms with E-state index < -0.39 is 159 Å². The molecule has 430 valence electrons. The molecule has 0 unspecified atom stereocenters. The van der Waals surface area contributed by atoms with Crippen LogP contribution in [0.5, 0.6) is 0 Å². The Morgan fingerprint density at radius 3 is 1.16 bits per heavy atom. The number of carbonyl (C=O) groups is 13. The number of nitrogens with one attached hydrogen (secondary N) is 7. The third-order valence-electron chi connectivity index (χ3n) is 12.0. The summed E-state index contributed by atoms with van der Waals surface area (Å²) in [5.74, 6) is -12.4. The van der Waals surface area contributed by atoms with Gasteiger partial charge in [-0.1, -0.05) is 98.6 Å². The zero-order chi connectivity index (χ0) is 56.8. The van der Waals surface area contributed by atoms with Gasteiger partial charge in [0.15, 0.2) is 11.6 Å². The largest absolute Gasteiger partial charge is 0.481 e. The van der Waals surface area contributed by atoms with Crippen LogP contribution in [0.4, 0.5) is 0 Å². The Bertz CT molecular complexity index is 1950. The van der Waals surface area contributed by atoms with E-state index in [4.69, 9.17) is 5.11 Å². The van der Waals surface area contributed by atoms with E-state index in [1.165, 1.54) is 21.6 Å². The standard InChI is InChI=1S/C48H77N7O19S2/c56-30(25-49-35-28-75-76-29-36(48(73)74)50-27-37(35)57)26-51-38(58)21-17-31(44(65)66)53-40(60)23-19-33(46(69)70)55-42(62)24-20-34(47(71)72)54-41(61)22-18-32(45(67)68)52-39(59)15-13-11-9-7-5-3-1-2-4-6-8-10-12-14-16-43(63)64/h31-36,49-50H,1-29H2,(H,51,58)(H,52,59)(H,53,60)(H,54,61)(H,55,62)(H,63,64)(H,65,66)(H,67,68)(H,69,70)(H,71,72)(H,73,74)/t31-,32+,33-,34+,35+,36+/m1/s1. The second kappa shape index (κ2) is 40.4. The van der Waals surface area contributed by atoms with Crippen molar-refractivity contribution in [3.05, 3.63) is 0 Å². The Morgan fingerprint density at radius 2 is 0.789 bits per heavy atom. The summed E-state index contributed by atoms with van der Waals surface area (Å²) in [4.78, 5) is 157. The maximum absolute atomic E-state index is 12.7. The molecule has 0 aromatic heterocycles. The van der Waals surface area contributed by atoms with Gasteiger partial charge in [-0.3, -0.25) is 53.8 Å². The third-order valence-corrected chi connectivity index (χ3v) is 14.4. The predicted molar refractivity (Wildman–Crippen MR) is 276 cm³/mol. The highest BCUT2D eigenvalue weighted by Gasteiger charge is 2.29. The fourth-order valence-corrected chi connectivity index (χ4v) is 9.95. The topological polar surface area (TPSA) is 428 Å². The molecule has 5 amide bonds. The van der Waals surface area contributed by atoms with Gasteiger partial charge in [0, 0.05) is 50.0 Å². The molecule has 0 radical (unpaired) electrons. The van der Waals surface area contributed by atoms with Crippen LogP contribution in [0.3, 0.4) is 0 Å².